The van der Waals surface area contributed by atoms with E-state index in [1.807, 2.05) is 13.8 Å². The van der Waals surface area contributed by atoms with Gasteiger partial charge in [0.1, 0.15) is 6.04 Å². The number of nitrogens with zero attached hydrogens (tertiary/aromatic N) is 2. The molecule has 0 spiro atoms. The van der Waals surface area contributed by atoms with Gasteiger partial charge in [0.2, 0.25) is 10.0 Å². The first-order chi connectivity index (χ1) is 13.7. The highest BCUT2D eigenvalue weighted by molar-refractivity contribution is 7.89. The third-order valence-corrected chi connectivity index (χ3v) is 7.21. The average Bonchev–Trinajstić information content (AvgIpc) is 2.72. The molecule has 2 heterocycles. The number of benzene rings is 1. The minimum atomic E-state index is -3.67. The number of amides is 1. The van der Waals surface area contributed by atoms with Crippen molar-refractivity contribution in [3.63, 3.8) is 0 Å². The van der Waals surface area contributed by atoms with E-state index in [1.165, 1.54) is 40.6 Å². The van der Waals surface area contributed by atoms with Gasteiger partial charge in [0.25, 0.3) is 5.91 Å². The van der Waals surface area contributed by atoms with E-state index in [0.29, 0.717) is 31.6 Å². The molecule has 0 bridgehead atoms. The molecule has 1 aromatic rings. The van der Waals surface area contributed by atoms with Crippen LogP contribution >= 0.6 is 0 Å². The first-order valence-corrected chi connectivity index (χ1v) is 11.3. The zero-order chi connectivity index (χ0) is 21.2. The minimum absolute atomic E-state index is 0.138. The Morgan fingerprint density at radius 1 is 1.07 bits per heavy atom. The van der Waals surface area contributed by atoms with E-state index < -0.39 is 22.0 Å². The van der Waals surface area contributed by atoms with E-state index in [-0.39, 0.29) is 23.0 Å². The normalized spacial score (nSPS) is 26.2. The molecule has 29 heavy (non-hydrogen) atoms. The number of likely N-dealkylation sites (tertiary alicyclic amines) is 1. The van der Waals surface area contributed by atoms with Crippen LogP contribution in [0.15, 0.2) is 29.2 Å². The van der Waals surface area contributed by atoms with Gasteiger partial charge in [0.15, 0.2) is 0 Å². The number of piperidine rings is 1. The van der Waals surface area contributed by atoms with Crippen molar-refractivity contribution < 1.29 is 27.5 Å². The number of morpholine rings is 1. The number of carbonyl (C=O) groups excluding carboxylic acids is 2. The predicted molar refractivity (Wildman–Crippen MR) is 106 cm³/mol. The van der Waals surface area contributed by atoms with Crippen molar-refractivity contribution in [1.29, 1.82) is 0 Å². The molecule has 9 heteroatoms. The third kappa shape index (κ3) is 4.62. The van der Waals surface area contributed by atoms with Crippen LogP contribution in [-0.4, -0.2) is 74.5 Å². The number of sulfonamides is 1. The topological polar surface area (TPSA) is 93.2 Å². The van der Waals surface area contributed by atoms with Gasteiger partial charge in [0, 0.05) is 25.2 Å². The van der Waals surface area contributed by atoms with Gasteiger partial charge in [-0.05, 0) is 57.4 Å². The summed E-state index contributed by atoms with van der Waals surface area (Å²) in [5.74, 6) is -0.717. The van der Waals surface area contributed by atoms with Gasteiger partial charge in [0.05, 0.1) is 24.2 Å². The molecular weight excluding hydrogens is 396 g/mol. The second-order valence-electron chi connectivity index (χ2n) is 7.64. The fourth-order valence-electron chi connectivity index (χ4n) is 3.97. The minimum Gasteiger partial charge on any atom is -0.467 e. The summed E-state index contributed by atoms with van der Waals surface area (Å²) in [6.07, 6.45) is 1.89. The number of methoxy groups -OCH3 is 1. The van der Waals surface area contributed by atoms with E-state index in [1.54, 1.807) is 0 Å². The highest BCUT2D eigenvalue weighted by Gasteiger charge is 2.34. The highest BCUT2D eigenvalue weighted by Crippen LogP contribution is 2.24. The fourth-order valence-corrected chi connectivity index (χ4v) is 5.56. The second-order valence-corrected chi connectivity index (χ2v) is 9.57. The Balaban J connectivity index is 1.78. The van der Waals surface area contributed by atoms with Crippen LogP contribution in [0.1, 0.15) is 43.5 Å². The van der Waals surface area contributed by atoms with Crippen LogP contribution in [0, 0.1) is 0 Å². The van der Waals surface area contributed by atoms with Gasteiger partial charge in [-0.25, -0.2) is 13.2 Å². The third-order valence-electron chi connectivity index (χ3n) is 5.36. The Hall–Kier alpha value is -1.97. The maximum atomic E-state index is 13.0. The Bertz CT molecular complexity index is 844. The number of ether oxygens (including phenoxy) is 2. The maximum absolute atomic E-state index is 13.0. The second kappa shape index (κ2) is 8.81. The molecule has 2 aliphatic heterocycles. The van der Waals surface area contributed by atoms with Crippen LogP contribution in [-0.2, 0) is 24.3 Å². The molecule has 0 radical (unpaired) electrons. The Morgan fingerprint density at radius 3 is 2.28 bits per heavy atom. The zero-order valence-electron chi connectivity index (χ0n) is 17.0. The quantitative estimate of drug-likeness (QED) is 0.683. The summed E-state index contributed by atoms with van der Waals surface area (Å²) in [7, 11) is -2.36. The highest BCUT2D eigenvalue weighted by atomic mass is 32.2. The summed E-state index contributed by atoms with van der Waals surface area (Å²) >= 11 is 0. The van der Waals surface area contributed by atoms with E-state index in [9.17, 15) is 18.0 Å². The number of carbonyl (C=O) groups is 2. The number of esters is 1. The van der Waals surface area contributed by atoms with Gasteiger partial charge < -0.3 is 14.4 Å². The molecule has 0 unspecified atom stereocenters. The summed E-state index contributed by atoms with van der Waals surface area (Å²) in [5.41, 5.74) is 0.350. The number of hydrogen-bond donors (Lipinski definition) is 0. The van der Waals surface area contributed by atoms with E-state index in [4.69, 9.17) is 9.47 Å². The zero-order valence-corrected chi connectivity index (χ0v) is 17.9. The van der Waals surface area contributed by atoms with Crippen LogP contribution in [0.4, 0.5) is 0 Å². The van der Waals surface area contributed by atoms with E-state index in [0.717, 1.165) is 12.8 Å². The summed E-state index contributed by atoms with van der Waals surface area (Å²) in [5, 5.41) is 0. The molecule has 1 aromatic carbocycles. The first-order valence-electron chi connectivity index (χ1n) is 9.88. The lowest BCUT2D eigenvalue weighted by molar-refractivity contribution is -0.147. The summed E-state index contributed by atoms with van der Waals surface area (Å²) in [4.78, 5) is 26.6. The molecule has 0 saturated carbocycles. The van der Waals surface area contributed by atoms with Crippen LogP contribution in [0.25, 0.3) is 0 Å². The molecule has 2 saturated heterocycles. The fraction of sp³-hybridized carbons (Fsp3) is 0.600. The van der Waals surface area contributed by atoms with Crippen molar-refractivity contribution in [3.8, 4) is 0 Å². The molecule has 2 fully saturated rings. The number of hydrogen-bond acceptors (Lipinski definition) is 6. The van der Waals surface area contributed by atoms with Crippen LogP contribution in [0.2, 0.25) is 0 Å². The molecule has 0 aliphatic carbocycles. The number of rotatable bonds is 4. The van der Waals surface area contributed by atoms with Crippen molar-refractivity contribution in [2.45, 2.75) is 56.3 Å². The molecule has 1 amide bonds. The molecule has 3 rings (SSSR count). The standard InChI is InChI=1S/C20H28N2O6S/c1-14-12-21(13-15(2)28-14)29(25,26)17-9-7-16(8-10-17)19(23)22-11-5-4-6-18(22)20(24)27-3/h7-10,14-15,18H,4-6,11-13H2,1-3H3/t14-,15-,18-/m0/s1. The molecule has 0 N–H and O–H groups in total. The van der Waals surface area contributed by atoms with Crippen molar-refractivity contribution in [3.05, 3.63) is 29.8 Å². The largest absolute Gasteiger partial charge is 0.467 e. The van der Waals surface area contributed by atoms with Gasteiger partial charge in [-0.1, -0.05) is 0 Å². The lowest BCUT2D eigenvalue weighted by atomic mass is 10.0. The smallest absolute Gasteiger partial charge is 0.328 e. The van der Waals surface area contributed by atoms with Crippen molar-refractivity contribution in [1.82, 2.24) is 9.21 Å². The summed E-state index contributed by atoms with van der Waals surface area (Å²) < 4.78 is 37.8. The first kappa shape index (κ1) is 21.7. The van der Waals surface area contributed by atoms with Crippen molar-refractivity contribution >= 4 is 21.9 Å². The Kier molecular flexibility index (Phi) is 6.60. The summed E-state index contributed by atoms with van der Waals surface area (Å²) in [6.45, 7) is 4.75. The van der Waals surface area contributed by atoms with Gasteiger partial charge >= 0.3 is 5.97 Å². The van der Waals surface area contributed by atoms with Crippen LogP contribution in [0.5, 0.6) is 0 Å². The van der Waals surface area contributed by atoms with E-state index >= 15 is 0 Å². The van der Waals surface area contributed by atoms with E-state index in [2.05, 4.69) is 0 Å². The summed E-state index contributed by atoms with van der Waals surface area (Å²) in [6, 6.07) is 5.31. The lowest BCUT2D eigenvalue weighted by Gasteiger charge is -2.34. The van der Waals surface area contributed by atoms with Gasteiger partial charge in [-0.2, -0.15) is 4.31 Å². The molecular formula is C20H28N2O6S. The Morgan fingerprint density at radius 2 is 1.69 bits per heavy atom. The van der Waals surface area contributed by atoms with Crippen LogP contribution < -0.4 is 0 Å². The Labute approximate surface area is 171 Å². The van der Waals surface area contributed by atoms with Gasteiger partial charge in [-0.3, -0.25) is 4.79 Å². The SMILES string of the molecule is COC(=O)[C@@H]1CCCCN1C(=O)c1ccc(S(=O)(=O)N2C[C@H](C)O[C@@H](C)C2)cc1. The van der Waals surface area contributed by atoms with Crippen molar-refractivity contribution in [2.24, 2.45) is 0 Å². The average molecular weight is 425 g/mol. The lowest BCUT2D eigenvalue weighted by Crippen LogP contribution is -2.48. The van der Waals surface area contributed by atoms with Gasteiger partial charge in [-0.15, -0.1) is 0 Å². The van der Waals surface area contributed by atoms with Crippen molar-refractivity contribution in [2.75, 3.05) is 26.7 Å². The molecule has 3 atom stereocenters. The monoisotopic (exact) mass is 424 g/mol. The molecule has 160 valence electrons. The molecule has 8 nitrogen and oxygen atoms in total. The van der Waals surface area contributed by atoms with Crippen LogP contribution in [0.3, 0.4) is 0 Å². The maximum Gasteiger partial charge on any atom is 0.328 e. The predicted octanol–water partition coefficient (Wildman–Crippen LogP) is 1.65. The molecule has 2 aliphatic rings. The molecule has 0 aromatic heterocycles.